The van der Waals surface area contributed by atoms with Gasteiger partial charge in [-0.05, 0) is 44.9 Å². The van der Waals surface area contributed by atoms with E-state index in [2.05, 4.69) is 29.1 Å². The third-order valence-electron chi connectivity index (χ3n) is 9.29. The van der Waals surface area contributed by atoms with Gasteiger partial charge in [0.25, 0.3) is 0 Å². The molecule has 47 heavy (non-hydrogen) atoms. The Morgan fingerprint density at radius 1 is 0.553 bits per heavy atom. The van der Waals surface area contributed by atoms with E-state index in [1.165, 1.54) is 128 Å². The number of hydrogen-bond acceptors (Lipinski definition) is 4. The molecule has 0 heterocycles. The SMILES string of the molecule is CCCCCCCCCCCCCCN(CCCCCCCCCCCC)C(=O)C(N)CCCCNC(=O)C(N)CCC[NH+]=C(N)N. The fourth-order valence-electron chi connectivity index (χ4n) is 6.14. The smallest absolute Gasteiger partial charge is 0.338 e. The van der Waals surface area contributed by atoms with Gasteiger partial charge in [0.1, 0.15) is 0 Å². The van der Waals surface area contributed by atoms with Gasteiger partial charge in [0.05, 0.1) is 18.6 Å². The van der Waals surface area contributed by atoms with E-state index in [4.69, 9.17) is 22.9 Å². The zero-order valence-corrected chi connectivity index (χ0v) is 31.1. The van der Waals surface area contributed by atoms with Gasteiger partial charge in [-0.25, -0.2) is 0 Å². The molecule has 0 radical (unpaired) electrons. The monoisotopic (exact) mass is 667 g/mol. The number of nitrogens with one attached hydrogen (secondary N) is 2. The normalized spacial score (nSPS) is 12.5. The summed E-state index contributed by atoms with van der Waals surface area (Å²) in [6.45, 7) is 7.31. The highest BCUT2D eigenvalue weighted by Crippen LogP contribution is 2.14. The predicted molar refractivity (Wildman–Crippen MR) is 201 cm³/mol. The Balaban J connectivity index is 4.40. The number of rotatable bonds is 35. The molecular formula is C38H80N7O2+. The van der Waals surface area contributed by atoms with Crippen molar-refractivity contribution in [1.82, 2.24) is 10.2 Å². The average molecular weight is 667 g/mol. The topological polar surface area (TPSA) is 167 Å². The van der Waals surface area contributed by atoms with Gasteiger partial charge in [0.2, 0.25) is 11.8 Å². The molecule has 0 aliphatic heterocycles. The lowest BCUT2D eigenvalue weighted by atomic mass is 10.0. The number of guanidine groups is 1. The maximum absolute atomic E-state index is 13.4. The van der Waals surface area contributed by atoms with Crippen molar-refractivity contribution in [3.8, 4) is 0 Å². The minimum Gasteiger partial charge on any atom is -0.355 e. The lowest BCUT2D eigenvalue weighted by Gasteiger charge is -2.26. The van der Waals surface area contributed by atoms with Gasteiger partial charge in [0, 0.05) is 19.6 Å². The van der Waals surface area contributed by atoms with Crippen molar-refractivity contribution in [3.63, 3.8) is 0 Å². The molecule has 9 heteroatoms. The summed E-state index contributed by atoms with van der Waals surface area (Å²) < 4.78 is 0. The largest absolute Gasteiger partial charge is 0.355 e. The number of carbonyl (C=O) groups excluding carboxylic acids is 2. The molecule has 0 rings (SSSR count). The second-order valence-corrected chi connectivity index (χ2v) is 13.9. The second-order valence-electron chi connectivity index (χ2n) is 13.9. The lowest BCUT2D eigenvalue weighted by Crippen LogP contribution is -2.78. The molecule has 0 aliphatic rings. The number of carbonyl (C=O) groups is 2. The summed E-state index contributed by atoms with van der Waals surface area (Å²) in [4.78, 5) is 30.5. The van der Waals surface area contributed by atoms with Crippen molar-refractivity contribution >= 4 is 17.8 Å². The van der Waals surface area contributed by atoms with Gasteiger partial charge < -0.3 is 21.7 Å². The Kier molecular flexibility index (Phi) is 32.7. The number of amides is 2. The molecule has 0 aromatic heterocycles. The van der Waals surface area contributed by atoms with E-state index < -0.39 is 12.1 Å². The molecule has 0 aliphatic carbocycles. The van der Waals surface area contributed by atoms with Gasteiger partial charge in [-0.15, -0.1) is 0 Å². The van der Waals surface area contributed by atoms with Crippen LogP contribution in [0.3, 0.4) is 0 Å². The number of nitrogens with two attached hydrogens (primary N) is 4. The van der Waals surface area contributed by atoms with Gasteiger partial charge in [0.15, 0.2) is 0 Å². The molecule has 10 N–H and O–H groups in total. The molecule has 278 valence electrons. The zero-order chi connectivity index (χ0) is 34.8. The second kappa shape index (κ2) is 34.0. The van der Waals surface area contributed by atoms with Gasteiger partial charge in [-0.2, -0.15) is 0 Å². The highest BCUT2D eigenvalue weighted by Gasteiger charge is 2.20. The van der Waals surface area contributed by atoms with Crippen molar-refractivity contribution < 1.29 is 14.6 Å². The maximum atomic E-state index is 13.4. The summed E-state index contributed by atoms with van der Waals surface area (Å²) in [5.74, 6) is 0.116. The van der Waals surface area contributed by atoms with Crippen molar-refractivity contribution in [2.24, 2.45) is 22.9 Å². The standard InChI is InChI=1S/C38H79N7O2/c1-3-5-7-9-11-13-15-16-18-20-22-26-33-45(32-25-21-19-17-14-12-10-8-6-4-2)37(47)35(40)28-23-24-30-43-36(46)34(39)29-27-31-44-38(41)42/h34-35H,3-33,39-40H2,1-2H3,(H,43,46)(H4,41,42,44)/p+1. The summed E-state index contributed by atoms with van der Waals surface area (Å²) in [5.41, 5.74) is 23.2. The minimum absolute atomic E-state index is 0.0963. The van der Waals surface area contributed by atoms with Crippen molar-refractivity contribution in [2.75, 3.05) is 26.2 Å². The molecule has 0 fully saturated rings. The van der Waals surface area contributed by atoms with Crippen LogP contribution < -0.4 is 33.2 Å². The Hall–Kier alpha value is -1.87. The van der Waals surface area contributed by atoms with Crippen molar-refractivity contribution in [1.29, 1.82) is 0 Å². The van der Waals surface area contributed by atoms with Crippen LogP contribution in [0.4, 0.5) is 0 Å². The number of hydrogen-bond donors (Lipinski definition) is 6. The molecule has 0 spiro atoms. The van der Waals surface area contributed by atoms with Crippen LogP contribution in [-0.2, 0) is 9.59 Å². The summed E-state index contributed by atoms with van der Waals surface area (Å²) in [7, 11) is 0. The van der Waals surface area contributed by atoms with Crippen LogP contribution in [-0.4, -0.2) is 60.9 Å². The highest BCUT2D eigenvalue weighted by atomic mass is 16.2. The first-order valence-corrected chi connectivity index (χ1v) is 20.0. The quantitative estimate of drug-likeness (QED) is 0.0296. The first-order valence-electron chi connectivity index (χ1n) is 20.0. The third kappa shape index (κ3) is 30.0. The first-order chi connectivity index (χ1) is 22.8. The molecule has 2 unspecified atom stereocenters. The van der Waals surface area contributed by atoms with E-state index in [9.17, 15) is 9.59 Å². The lowest BCUT2D eigenvalue weighted by molar-refractivity contribution is -0.459. The molecular weight excluding hydrogens is 586 g/mol. The fourth-order valence-corrected chi connectivity index (χ4v) is 6.14. The van der Waals surface area contributed by atoms with E-state index in [0.29, 0.717) is 32.4 Å². The highest BCUT2D eigenvalue weighted by molar-refractivity contribution is 5.82. The zero-order valence-electron chi connectivity index (χ0n) is 31.1. The van der Waals surface area contributed by atoms with Crippen LogP contribution in [0.2, 0.25) is 0 Å². The fraction of sp³-hybridized carbons (Fsp3) is 0.921. The summed E-state index contributed by atoms with van der Waals surface area (Å²) in [5, 5.41) is 2.91. The van der Waals surface area contributed by atoms with Crippen LogP contribution in [0, 0.1) is 0 Å². The molecule has 2 atom stereocenters. The molecule has 0 aromatic rings. The molecule has 0 aromatic carbocycles. The van der Waals surface area contributed by atoms with E-state index in [0.717, 1.165) is 38.8 Å². The van der Waals surface area contributed by atoms with Crippen LogP contribution >= 0.6 is 0 Å². The molecule has 9 nitrogen and oxygen atoms in total. The van der Waals surface area contributed by atoms with Crippen molar-refractivity contribution in [2.45, 2.75) is 199 Å². The van der Waals surface area contributed by atoms with Gasteiger partial charge >= 0.3 is 5.96 Å². The number of nitrogens with zero attached hydrogens (tertiary/aromatic N) is 1. The average Bonchev–Trinajstić information content (AvgIpc) is 3.06. The van der Waals surface area contributed by atoms with E-state index in [1.807, 2.05) is 0 Å². The Labute approximate surface area is 290 Å². The van der Waals surface area contributed by atoms with Gasteiger partial charge in [-0.3, -0.25) is 26.0 Å². The van der Waals surface area contributed by atoms with E-state index >= 15 is 0 Å². The predicted octanol–water partition coefficient (Wildman–Crippen LogP) is 5.51. The van der Waals surface area contributed by atoms with E-state index in [1.54, 1.807) is 0 Å². The molecule has 0 bridgehead atoms. The summed E-state index contributed by atoms with van der Waals surface area (Å²) in [6.07, 6.45) is 32.2. The van der Waals surface area contributed by atoms with Crippen molar-refractivity contribution in [3.05, 3.63) is 0 Å². The van der Waals surface area contributed by atoms with Crippen LogP contribution in [0.15, 0.2) is 0 Å². The third-order valence-corrected chi connectivity index (χ3v) is 9.29. The Bertz CT molecular complexity index is 746. The molecule has 2 amide bonds. The van der Waals surface area contributed by atoms with E-state index in [-0.39, 0.29) is 17.8 Å². The van der Waals surface area contributed by atoms with Crippen LogP contribution in [0.1, 0.15) is 187 Å². The summed E-state index contributed by atoms with van der Waals surface area (Å²) in [6, 6.07) is -1.04. The Morgan fingerprint density at radius 3 is 1.38 bits per heavy atom. The number of unbranched alkanes of at least 4 members (excludes halogenated alkanes) is 21. The van der Waals surface area contributed by atoms with Crippen LogP contribution in [0.25, 0.3) is 0 Å². The van der Waals surface area contributed by atoms with Crippen LogP contribution in [0.5, 0.6) is 0 Å². The minimum atomic E-state index is -0.556. The summed E-state index contributed by atoms with van der Waals surface area (Å²) >= 11 is 0. The first kappa shape index (κ1) is 45.1. The Morgan fingerprint density at radius 2 is 0.957 bits per heavy atom. The van der Waals surface area contributed by atoms with Gasteiger partial charge in [-0.1, -0.05) is 142 Å². The molecule has 0 saturated carbocycles. The maximum Gasteiger partial charge on any atom is 0.338 e. The molecule has 0 saturated heterocycles.